The van der Waals surface area contributed by atoms with Crippen molar-refractivity contribution < 1.29 is 13.9 Å². The van der Waals surface area contributed by atoms with E-state index in [-0.39, 0.29) is 17.1 Å². The van der Waals surface area contributed by atoms with Gasteiger partial charge >= 0.3 is 0 Å². The quantitative estimate of drug-likeness (QED) is 0.574. The smallest absolute Gasteiger partial charge is 0.180 e. The van der Waals surface area contributed by atoms with E-state index in [4.69, 9.17) is 16.3 Å². The highest BCUT2D eigenvalue weighted by Crippen LogP contribution is 2.19. The highest BCUT2D eigenvalue weighted by molar-refractivity contribution is 6.33. The molecule has 0 radical (unpaired) electrons. The summed E-state index contributed by atoms with van der Waals surface area (Å²) in [4.78, 5) is 11.4. The van der Waals surface area contributed by atoms with Gasteiger partial charge in [0.05, 0.1) is 12.5 Å². The van der Waals surface area contributed by atoms with Crippen molar-refractivity contribution in [3.8, 4) is 5.75 Å². The van der Waals surface area contributed by atoms with Gasteiger partial charge in [0.2, 0.25) is 0 Å². The molecular weight excluding hydrogens is 207 g/mol. The van der Waals surface area contributed by atoms with Gasteiger partial charge in [-0.2, -0.15) is 0 Å². The van der Waals surface area contributed by atoms with E-state index in [1.54, 1.807) is 6.92 Å². The van der Waals surface area contributed by atoms with E-state index in [0.717, 1.165) is 6.07 Å². The van der Waals surface area contributed by atoms with Crippen molar-refractivity contribution in [1.82, 2.24) is 0 Å². The second-order valence-electron chi connectivity index (χ2n) is 2.83. The number of hydrogen-bond donors (Lipinski definition) is 0. The summed E-state index contributed by atoms with van der Waals surface area (Å²) in [7, 11) is 1.37. The van der Waals surface area contributed by atoms with E-state index in [2.05, 4.69) is 0 Å². The van der Waals surface area contributed by atoms with Gasteiger partial charge in [0.1, 0.15) is 0 Å². The summed E-state index contributed by atoms with van der Waals surface area (Å²) >= 11 is 5.59. The van der Waals surface area contributed by atoms with Crippen LogP contribution in [0.4, 0.5) is 4.39 Å². The van der Waals surface area contributed by atoms with Crippen molar-refractivity contribution in [1.29, 1.82) is 0 Å². The molecule has 0 amide bonds. The summed E-state index contributed by atoms with van der Waals surface area (Å²) in [6.45, 7) is 1.55. The SMILES string of the molecule is COc1ccc(C(=O)C(C)Cl)cc1F. The largest absolute Gasteiger partial charge is 0.494 e. The van der Waals surface area contributed by atoms with Crippen LogP contribution in [-0.4, -0.2) is 18.3 Å². The van der Waals surface area contributed by atoms with E-state index in [9.17, 15) is 9.18 Å². The lowest BCUT2D eigenvalue weighted by Gasteiger charge is -2.05. The van der Waals surface area contributed by atoms with Crippen molar-refractivity contribution in [2.45, 2.75) is 12.3 Å². The van der Waals surface area contributed by atoms with Gasteiger partial charge in [-0.05, 0) is 25.1 Å². The number of halogens is 2. The normalized spacial score (nSPS) is 12.3. The number of carbonyl (C=O) groups excluding carboxylic acids is 1. The molecule has 76 valence electrons. The van der Waals surface area contributed by atoms with Crippen molar-refractivity contribution in [2.75, 3.05) is 7.11 Å². The first-order valence-corrected chi connectivity index (χ1v) is 4.51. The molecule has 1 aromatic rings. The van der Waals surface area contributed by atoms with Crippen LogP contribution in [0.2, 0.25) is 0 Å². The number of ether oxygens (including phenoxy) is 1. The Morgan fingerprint density at radius 1 is 1.57 bits per heavy atom. The number of alkyl halides is 1. The third kappa shape index (κ3) is 2.23. The zero-order valence-electron chi connectivity index (χ0n) is 7.88. The van der Waals surface area contributed by atoms with E-state index >= 15 is 0 Å². The zero-order chi connectivity index (χ0) is 10.7. The molecule has 1 aromatic carbocycles. The van der Waals surface area contributed by atoms with Gasteiger partial charge in [-0.15, -0.1) is 11.6 Å². The van der Waals surface area contributed by atoms with Crippen LogP contribution in [0, 0.1) is 5.82 Å². The second kappa shape index (κ2) is 4.42. The lowest BCUT2D eigenvalue weighted by atomic mass is 10.1. The van der Waals surface area contributed by atoms with Gasteiger partial charge in [0.25, 0.3) is 0 Å². The zero-order valence-corrected chi connectivity index (χ0v) is 8.64. The maximum absolute atomic E-state index is 13.2. The lowest BCUT2D eigenvalue weighted by molar-refractivity contribution is 0.0991. The Morgan fingerprint density at radius 2 is 2.21 bits per heavy atom. The number of methoxy groups -OCH3 is 1. The fourth-order valence-corrected chi connectivity index (χ4v) is 1.18. The number of carbonyl (C=O) groups is 1. The van der Waals surface area contributed by atoms with Gasteiger partial charge in [-0.25, -0.2) is 4.39 Å². The van der Waals surface area contributed by atoms with E-state index in [1.807, 2.05) is 0 Å². The Hall–Kier alpha value is -1.09. The Balaban J connectivity index is 3.03. The number of Topliss-reactive ketones (excluding diaryl/α,β-unsaturated/α-hetero) is 1. The van der Waals surface area contributed by atoms with Gasteiger partial charge in [-0.1, -0.05) is 0 Å². The van der Waals surface area contributed by atoms with E-state index < -0.39 is 11.2 Å². The summed E-state index contributed by atoms with van der Waals surface area (Å²) in [6, 6.07) is 4.02. The van der Waals surface area contributed by atoms with E-state index in [0.29, 0.717) is 0 Å². The molecule has 1 unspecified atom stereocenters. The average Bonchev–Trinajstić information content (AvgIpc) is 2.16. The standard InChI is InChI=1S/C10H10ClFO2/c1-6(11)10(13)7-3-4-9(14-2)8(12)5-7/h3-6H,1-2H3. The van der Waals surface area contributed by atoms with Crippen molar-refractivity contribution >= 4 is 17.4 Å². The summed E-state index contributed by atoms with van der Waals surface area (Å²) in [5, 5.41) is -0.650. The molecule has 0 saturated carbocycles. The highest BCUT2D eigenvalue weighted by Gasteiger charge is 2.14. The molecule has 0 fully saturated rings. The van der Waals surface area contributed by atoms with Crippen molar-refractivity contribution in [3.05, 3.63) is 29.6 Å². The third-order valence-corrected chi connectivity index (χ3v) is 2.00. The van der Waals surface area contributed by atoms with Gasteiger partial charge in [0.15, 0.2) is 17.3 Å². The van der Waals surface area contributed by atoms with Gasteiger partial charge < -0.3 is 4.74 Å². The molecule has 0 saturated heterocycles. The maximum Gasteiger partial charge on any atom is 0.180 e. The first kappa shape index (κ1) is 11.0. The third-order valence-electron chi connectivity index (χ3n) is 1.80. The van der Waals surface area contributed by atoms with Crippen LogP contribution in [0.15, 0.2) is 18.2 Å². The molecule has 0 aromatic heterocycles. The molecule has 0 N–H and O–H groups in total. The molecule has 2 nitrogen and oxygen atoms in total. The lowest BCUT2D eigenvalue weighted by Crippen LogP contribution is -2.10. The number of rotatable bonds is 3. The number of benzene rings is 1. The predicted octanol–water partition coefficient (Wildman–Crippen LogP) is 2.64. The second-order valence-corrected chi connectivity index (χ2v) is 3.48. The molecule has 1 atom stereocenters. The molecule has 0 spiro atoms. The Morgan fingerprint density at radius 3 is 2.64 bits per heavy atom. The molecule has 1 rings (SSSR count). The van der Waals surface area contributed by atoms with E-state index in [1.165, 1.54) is 19.2 Å². The molecular formula is C10H10ClFO2. The molecule has 0 bridgehead atoms. The minimum absolute atomic E-state index is 0.115. The Labute approximate surface area is 86.6 Å². The van der Waals surface area contributed by atoms with Crippen LogP contribution in [0.1, 0.15) is 17.3 Å². The summed E-state index contributed by atoms with van der Waals surface area (Å²) < 4.78 is 17.9. The first-order valence-electron chi connectivity index (χ1n) is 4.08. The van der Waals surface area contributed by atoms with Crippen LogP contribution in [0.5, 0.6) is 5.75 Å². The maximum atomic E-state index is 13.2. The summed E-state index contributed by atoms with van der Waals surface area (Å²) in [6.07, 6.45) is 0. The van der Waals surface area contributed by atoms with Crippen LogP contribution in [0.25, 0.3) is 0 Å². The predicted molar refractivity (Wildman–Crippen MR) is 52.6 cm³/mol. The van der Waals surface area contributed by atoms with Gasteiger partial charge in [0, 0.05) is 5.56 Å². The van der Waals surface area contributed by atoms with Gasteiger partial charge in [-0.3, -0.25) is 4.79 Å². The van der Waals surface area contributed by atoms with Crippen molar-refractivity contribution in [3.63, 3.8) is 0 Å². The molecule has 0 aliphatic heterocycles. The number of hydrogen-bond acceptors (Lipinski definition) is 2. The molecule has 4 heteroatoms. The minimum Gasteiger partial charge on any atom is -0.494 e. The summed E-state index contributed by atoms with van der Waals surface area (Å²) in [5.74, 6) is -0.743. The monoisotopic (exact) mass is 216 g/mol. The van der Waals surface area contributed by atoms with Crippen LogP contribution in [0.3, 0.4) is 0 Å². The minimum atomic E-state index is -0.650. The molecule has 0 aliphatic carbocycles. The molecule has 0 heterocycles. The first-order chi connectivity index (χ1) is 6.56. The highest BCUT2D eigenvalue weighted by atomic mass is 35.5. The molecule has 0 aliphatic rings. The van der Waals surface area contributed by atoms with Crippen LogP contribution < -0.4 is 4.74 Å². The fraction of sp³-hybridized carbons (Fsp3) is 0.300. The van der Waals surface area contributed by atoms with Crippen LogP contribution >= 0.6 is 11.6 Å². The topological polar surface area (TPSA) is 26.3 Å². The molecule has 14 heavy (non-hydrogen) atoms. The Bertz CT molecular complexity index is 350. The Kier molecular flexibility index (Phi) is 3.47. The van der Waals surface area contributed by atoms with Crippen LogP contribution in [-0.2, 0) is 0 Å². The fourth-order valence-electron chi connectivity index (χ4n) is 1.05. The van der Waals surface area contributed by atoms with Crippen molar-refractivity contribution in [2.24, 2.45) is 0 Å². The average molecular weight is 217 g/mol. The number of ketones is 1. The summed E-state index contributed by atoms with van der Waals surface area (Å²) in [5.41, 5.74) is 0.255.